The van der Waals surface area contributed by atoms with Crippen LogP contribution in [0.4, 0.5) is 4.79 Å². The van der Waals surface area contributed by atoms with Gasteiger partial charge in [0.25, 0.3) is 0 Å². The molecule has 0 bridgehead atoms. The van der Waals surface area contributed by atoms with Gasteiger partial charge in [0.15, 0.2) is 0 Å². The lowest BCUT2D eigenvalue weighted by molar-refractivity contribution is 0.0283. The molecule has 1 amide bonds. The molecule has 1 saturated carbocycles. The Hall–Kier alpha value is -0.770. The molecule has 1 heterocycles. The molecule has 2 fully saturated rings. The van der Waals surface area contributed by atoms with E-state index in [9.17, 15) is 4.79 Å². The van der Waals surface area contributed by atoms with E-state index < -0.39 is 5.60 Å². The van der Waals surface area contributed by atoms with Gasteiger partial charge < -0.3 is 15.4 Å². The smallest absolute Gasteiger partial charge is 0.410 e. The standard InChI is InChI=1S/C13H24N2O2/c1-13(2,3)17-12(16)15-7-10(6-14)11(8-15)9-4-5-9/h9-11H,4-8,14H2,1-3H3/t10-,11+/m0/s1. The Bertz CT molecular complexity index is 294. The van der Waals surface area contributed by atoms with Crippen molar-refractivity contribution in [2.45, 2.75) is 39.2 Å². The van der Waals surface area contributed by atoms with Crippen LogP contribution < -0.4 is 5.73 Å². The number of likely N-dealkylation sites (tertiary alicyclic amines) is 1. The lowest BCUT2D eigenvalue weighted by Gasteiger charge is -2.24. The third-order valence-electron chi connectivity index (χ3n) is 3.67. The molecular weight excluding hydrogens is 216 g/mol. The van der Waals surface area contributed by atoms with Gasteiger partial charge in [-0.3, -0.25) is 0 Å². The van der Waals surface area contributed by atoms with Crippen LogP contribution in [0.25, 0.3) is 0 Å². The Balaban J connectivity index is 1.92. The van der Waals surface area contributed by atoms with E-state index in [-0.39, 0.29) is 6.09 Å². The van der Waals surface area contributed by atoms with Crippen LogP contribution in [0.3, 0.4) is 0 Å². The zero-order chi connectivity index (χ0) is 12.6. The second-order valence-corrected chi connectivity index (χ2v) is 6.38. The van der Waals surface area contributed by atoms with Gasteiger partial charge >= 0.3 is 6.09 Å². The normalized spacial score (nSPS) is 29.5. The number of hydrogen-bond acceptors (Lipinski definition) is 3. The summed E-state index contributed by atoms with van der Waals surface area (Å²) in [5.74, 6) is 1.87. The van der Waals surface area contributed by atoms with Crippen molar-refractivity contribution in [2.75, 3.05) is 19.6 Å². The number of rotatable bonds is 2. The highest BCUT2D eigenvalue weighted by atomic mass is 16.6. The first-order valence-corrected chi connectivity index (χ1v) is 6.58. The summed E-state index contributed by atoms with van der Waals surface area (Å²) >= 11 is 0. The lowest BCUT2D eigenvalue weighted by atomic mass is 9.92. The number of ether oxygens (including phenoxy) is 1. The summed E-state index contributed by atoms with van der Waals surface area (Å²) in [5, 5.41) is 0. The summed E-state index contributed by atoms with van der Waals surface area (Å²) in [6.45, 7) is 7.99. The predicted octanol–water partition coefficient (Wildman–Crippen LogP) is 1.84. The van der Waals surface area contributed by atoms with E-state index in [1.165, 1.54) is 12.8 Å². The number of nitrogens with two attached hydrogens (primary N) is 1. The number of amides is 1. The summed E-state index contributed by atoms with van der Waals surface area (Å²) in [4.78, 5) is 13.8. The van der Waals surface area contributed by atoms with Gasteiger partial charge in [0, 0.05) is 13.1 Å². The first-order valence-electron chi connectivity index (χ1n) is 6.58. The molecule has 17 heavy (non-hydrogen) atoms. The maximum atomic E-state index is 12.0. The van der Waals surface area contributed by atoms with Crippen LogP contribution in [-0.4, -0.2) is 36.2 Å². The fourth-order valence-corrected chi connectivity index (χ4v) is 2.68. The molecule has 4 nitrogen and oxygen atoms in total. The SMILES string of the molecule is CC(C)(C)OC(=O)N1C[C@H](CN)[C@@H](C2CC2)C1. The molecule has 4 heteroatoms. The average Bonchev–Trinajstić information content (AvgIpc) is 2.95. The Morgan fingerprint density at radius 3 is 2.47 bits per heavy atom. The molecule has 0 aromatic heterocycles. The summed E-state index contributed by atoms with van der Waals surface area (Å²) in [6, 6.07) is 0. The highest BCUT2D eigenvalue weighted by molar-refractivity contribution is 5.68. The second-order valence-electron chi connectivity index (χ2n) is 6.38. The first-order chi connectivity index (χ1) is 7.90. The molecule has 1 saturated heterocycles. The summed E-state index contributed by atoms with van der Waals surface area (Å²) in [6.07, 6.45) is 2.44. The van der Waals surface area contributed by atoms with Gasteiger partial charge in [0.1, 0.15) is 5.60 Å². The maximum Gasteiger partial charge on any atom is 0.410 e. The van der Waals surface area contributed by atoms with Gasteiger partial charge in [0.05, 0.1) is 0 Å². The van der Waals surface area contributed by atoms with Gasteiger partial charge in [-0.1, -0.05) is 0 Å². The zero-order valence-corrected chi connectivity index (χ0v) is 11.1. The molecular formula is C13H24N2O2. The van der Waals surface area contributed by atoms with E-state index in [1.54, 1.807) is 0 Å². The van der Waals surface area contributed by atoms with E-state index in [0.717, 1.165) is 19.0 Å². The minimum absolute atomic E-state index is 0.181. The van der Waals surface area contributed by atoms with E-state index in [1.807, 2.05) is 25.7 Å². The molecule has 2 aliphatic rings. The minimum Gasteiger partial charge on any atom is -0.444 e. The molecule has 1 aliphatic carbocycles. The molecule has 0 unspecified atom stereocenters. The van der Waals surface area contributed by atoms with Crippen molar-refractivity contribution >= 4 is 6.09 Å². The number of carbonyl (C=O) groups excluding carboxylic acids is 1. The van der Waals surface area contributed by atoms with Gasteiger partial charge in [-0.2, -0.15) is 0 Å². The molecule has 1 aliphatic heterocycles. The number of carbonyl (C=O) groups is 1. The van der Waals surface area contributed by atoms with Gasteiger partial charge in [-0.15, -0.1) is 0 Å². The largest absolute Gasteiger partial charge is 0.444 e. The van der Waals surface area contributed by atoms with Crippen molar-refractivity contribution in [3.63, 3.8) is 0 Å². The lowest BCUT2D eigenvalue weighted by Crippen LogP contribution is -2.35. The molecule has 98 valence electrons. The number of hydrogen-bond donors (Lipinski definition) is 1. The minimum atomic E-state index is -0.410. The topological polar surface area (TPSA) is 55.6 Å². The third-order valence-corrected chi connectivity index (χ3v) is 3.67. The van der Waals surface area contributed by atoms with E-state index in [0.29, 0.717) is 18.4 Å². The molecule has 0 aromatic carbocycles. The van der Waals surface area contributed by atoms with E-state index >= 15 is 0 Å². The van der Waals surface area contributed by atoms with Crippen LogP contribution in [0.15, 0.2) is 0 Å². The van der Waals surface area contributed by atoms with Crippen molar-refractivity contribution in [1.82, 2.24) is 4.90 Å². The Kier molecular flexibility index (Phi) is 3.34. The molecule has 2 N–H and O–H groups in total. The van der Waals surface area contributed by atoms with Gasteiger partial charge in [-0.25, -0.2) is 4.79 Å². The predicted molar refractivity (Wildman–Crippen MR) is 66.6 cm³/mol. The van der Waals surface area contributed by atoms with Crippen LogP contribution in [0.1, 0.15) is 33.6 Å². The van der Waals surface area contributed by atoms with Crippen LogP contribution in [0, 0.1) is 17.8 Å². The molecule has 0 spiro atoms. The fraction of sp³-hybridized carbons (Fsp3) is 0.923. The third kappa shape index (κ3) is 3.12. The Morgan fingerprint density at radius 2 is 2.00 bits per heavy atom. The zero-order valence-electron chi connectivity index (χ0n) is 11.1. The van der Waals surface area contributed by atoms with Crippen molar-refractivity contribution < 1.29 is 9.53 Å². The van der Waals surface area contributed by atoms with E-state index in [2.05, 4.69) is 0 Å². The summed E-state index contributed by atoms with van der Waals surface area (Å²) in [5.41, 5.74) is 5.39. The summed E-state index contributed by atoms with van der Waals surface area (Å²) < 4.78 is 5.41. The average molecular weight is 240 g/mol. The molecule has 0 radical (unpaired) electrons. The molecule has 2 atom stereocenters. The van der Waals surface area contributed by atoms with Crippen LogP contribution >= 0.6 is 0 Å². The number of nitrogens with zero attached hydrogens (tertiary/aromatic N) is 1. The van der Waals surface area contributed by atoms with Crippen LogP contribution in [0.2, 0.25) is 0 Å². The second kappa shape index (κ2) is 4.48. The van der Waals surface area contributed by atoms with Gasteiger partial charge in [0.2, 0.25) is 0 Å². The monoisotopic (exact) mass is 240 g/mol. The van der Waals surface area contributed by atoms with Crippen molar-refractivity contribution in [3.8, 4) is 0 Å². The molecule has 0 aromatic rings. The highest BCUT2D eigenvalue weighted by Gasteiger charge is 2.43. The Morgan fingerprint density at radius 1 is 1.35 bits per heavy atom. The van der Waals surface area contributed by atoms with Crippen LogP contribution in [-0.2, 0) is 4.74 Å². The van der Waals surface area contributed by atoms with Crippen molar-refractivity contribution in [2.24, 2.45) is 23.5 Å². The molecule has 2 rings (SSSR count). The van der Waals surface area contributed by atoms with E-state index in [4.69, 9.17) is 10.5 Å². The highest BCUT2D eigenvalue weighted by Crippen LogP contribution is 2.43. The van der Waals surface area contributed by atoms with Crippen molar-refractivity contribution in [1.29, 1.82) is 0 Å². The quantitative estimate of drug-likeness (QED) is 0.801. The van der Waals surface area contributed by atoms with Crippen LogP contribution in [0.5, 0.6) is 0 Å². The Labute approximate surface area is 103 Å². The summed E-state index contributed by atoms with van der Waals surface area (Å²) in [7, 11) is 0. The van der Waals surface area contributed by atoms with Crippen molar-refractivity contribution in [3.05, 3.63) is 0 Å². The first kappa shape index (κ1) is 12.7. The van der Waals surface area contributed by atoms with Gasteiger partial charge in [-0.05, 0) is 57.9 Å². The maximum absolute atomic E-state index is 12.0. The fourth-order valence-electron chi connectivity index (χ4n) is 2.68.